The number of fused-ring (bicyclic) bond motifs is 1. The highest BCUT2D eigenvalue weighted by Gasteiger charge is 2.38. The summed E-state index contributed by atoms with van der Waals surface area (Å²) in [5, 5.41) is 18.3. The number of carboxylic acids is 1. The van der Waals surface area contributed by atoms with E-state index >= 15 is 0 Å². The fourth-order valence-electron chi connectivity index (χ4n) is 4.79. The third kappa shape index (κ3) is 8.03. The Morgan fingerprint density at radius 1 is 0.955 bits per heavy atom. The fraction of sp³-hybridized carbons (Fsp3) is 0.300. The number of carboxylic acid groups (broad SMARTS) is 1. The molecule has 3 aromatic rings. The average molecular weight is 649 g/mol. The van der Waals surface area contributed by atoms with Crippen molar-refractivity contribution in [3.05, 3.63) is 86.1 Å². The number of anilines is 1. The molecule has 3 heterocycles. The molecule has 44 heavy (non-hydrogen) atoms. The molecule has 2 aromatic carbocycles. The van der Waals surface area contributed by atoms with Crippen molar-refractivity contribution < 1.29 is 37.5 Å². The van der Waals surface area contributed by atoms with Crippen LogP contribution in [0.3, 0.4) is 0 Å². The number of hydrogen-bond acceptors (Lipinski definition) is 6. The van der Waals surface area contributed by atoms with Crippen LogP contribution in [0.5, 0.6) is 0 Å². The van der Waals surface area contributed by atoms with Gasteiger partial charge >= 0.3 is 12.1 Å². The molecule has 0 atom stereocenters. The average Bonchev–Trinajstić information content (AvgIpc) is 3.54. The molecule has 9 nitrogen and oxygen atoms in total. The molecule has 0 saturated carbocycles. The van der Waals surface area contributed by atoms with E-state index in [9.17, 15) is 27.6 Å². The van der Waals surface area contributed by atoms with Gasteiger partial charge in [0.15, 0.2) is 0 Å². The minimum atomic E-state index is -5.08. The maximum atomic E-state index is 13.2. The number of piperidine rings is 1. The van der Waals surface area contributed by atoms with Crippen molar-refractivity contribution in [2.75, 3.05) is 25.0 Å². The maximum Gasteiger partial charge on any atom is 0.490 e. The van der Waals surface area contributed by atoms with E-state index < -0.39 is 18.1 Å². The third-order valence-electron chi connectivity index (χ3n) is 7.04. The van der Waals surface area contributed by atoms with Gasteiger partial charge in [-0.15, -0.1) is 11.3 Å². The molecular weight excluding hydrogens is 621 g/mol. The van der Waals surface area contributed by atoms with Crippen LogP contribution < -0.4 is 5.32 Å². The molecule has 0 radical (unpaired) electrons. The van der Waals surface area contributed by atoms with Crippen LogP contribution >= 0.6 is 22.9 Å². The van der Waals surface area contributed by atoms with Crippen molar-refractivity contribution in [1.82, 2.24) is 9.80 Å². The van der Waals surface area contributed by atoms with Crippen LogP contribution in [-0.2, 0) is 17.6 Å². The van der Waals surface area contributed by atoms with Gasteiger partial charge in [0.2, 0.25) is 0 Å². The fourth-order valence-corrected chi connectivity index (χ4v) is 5.73. The van der Waals surface area contributed by atoms with Crippen LogP contribution in [0.4, 0.5) is 18.9 Å². The number of imide groups is 1. The predicted octanol–water partition coefficient (Wildman–Crippen LogP) is 6.13. The van der Waals surface area contributed by atoms with Crippen molar-refractivity contribution in [2.24, 2.45) is 0 Å². The Balaban J connectivity index is 0.000000566. The number of amidine groups is 1. The molecule has 2 aliphatic heterocycles. The Morgan fingerprint density at radius 3 is 2.18 bits per heavy atom. The van der Waals surface area contributed by atoms with Gasteiger partial charge in [-0.2, -0.15) is 13.2 Å². The second-order valence-electron chi connectivity index (χ2n) is 10.1. The molecule has 0 bridgehead atoms. The summed E-state index contributed by atoms with van der Waals surface area (Å²) in [7, 11) is 0. The highest BCUT2D eigenvalue weighted by atomic mass is 35.5. The summed E-state index contributed by atoms with van der Waals surface area (Å²) >= 11 is 7.08. The summed E-state index contributed by atoms with van der Waals surface area (Å²) in [6, 6.07) is 16.2. The van der Waals surface area contributed by atoms with Gasteiger partial charge in [0.1, 0.15) is 5.84 Å². The van der Waals surface area contributed by atoms with Crippen molar-refractivity contribution in [3.8, 4) is 0 Å². The molecule has 232 valence electrons. The molecule has 3 N–H and O–H groups in total. The first-order valence-corrected chi connectivity index (χ1v) is 14.8. The summed E-state index contributed by atoms with van der Waals surface area (Å²) < 4.78 is 32.2. The van der Waals surface area contributed by atoms with Crippen molar-refractivity contribution >= 4 is 58.2 Å². The van der Waals surface area contributed by atoms with Crippen LogP contribution in [0.25, 0.3) is 0 Å². The van der Waals surface area contributed by atoms with E-state index in [4.69, 9.17) is 26.9 Å². The van der Waals surface area contributed by atoms with E-state index in [-0.39, 0.29) is 23.9 Å². The van der Waals surface area contributed by atoms with E-state index in [0.717, 1.165) is 48.4 Å². The zero-order valence-corrected chi connectivity index (χ0v) is 24.8. The smallest absolute Gasteiger partial charge is 0.475 e. The largest absolute Gasteiger partial charge is 0.490 e. The zero-order chi connectivity index (χ0) is 32.0. The van der Waals surface area contributed by atoms with E-state index in [2.05, 4.69) is 10.2 Å². The van der Waals surface area contributed by atoms with E-state index in [1.165, 1.54) is 11.3 Å². The molecule has 1 fully saturated rings. The first-order chi connectivity index (χ1) is 20.8. The lowest BCUT2D eigenvalue weighted by atomic mass is 10.0. The van der Waals surface area contributed by atoms with Crippen LogP contribution in [0, 0.1) is 5.41 Å². The number of likely N-dealkylation sites (tertiary alicyclic amines) is 1. The number of amides is 3. The summed E-state index contributed by atoms with van der Waals surface area (Å²) in [5.41, 5.74) is 2.91. The monoisotopic (exact) mass is 648 g/mol. The van der Waals surface area contributed by atoms with Gasteiger partial charge in [-0.05, 0) is 61.1 Å². The molecule has 1 saturated heterocycles. The minimum Gasteiger partial charge on any atom is -0.475 e. The first-order valence-electron chi connectivity index (χ1n) is 13.6. The maximum absolute atomic E-state index is 13.2. The standard InChI is InChI=1S/C28H27ClN4O3S.C2HF3O2/c29-23-12-11-22(37-23)26(34)31-21-6-4-5-20-25(21)28(36)33(27(20)35)16-13-18-7-9-19(10-8-18)17-24(30)32-14-2-1-3-15-32;3-2(4,5)1(6)7/h4-12,30H,1-3,13-17H2,(H,31,34);(H,6,7). The van der Waals surface area contributed by atoms with Gasteiger partial charge in [0, 0.05) is 26.1 Å². The molecule has 14 heteroatoms. The van der Waals surface area contributed by atoms with Gasteiger partial charge in [-0.25, -0.2) is 4.79 Å². The number of thiophene rings is 1. The number of aliphatic carboxylic acids is 1. The van der Waals surface area contributed by atoms with Crippen LogP contribution in [-0.4, -0.2) is 70.2 Å². The number of carbonyl (C=O) groups is 4. The molecule has 5 rings (SSSR count). The molecule has 0 unspecified atom stereocenters. The lowest BCUT2D eigenvalue weighted by molar-refractivity contribution is -0.192. The molecule has 3 amide bonds. The number of benzene rings is 2. The van der Waals surface area contributed by atoms with Crippen LogP contribution in [0.1, 0.15) is 60.8 Å². The van der Waals surface area contributed by atoms with E-state index in [0.29, 0.717) is 39.1 Å². The van der Waals surface area contributed by atoms with Gasteiger partial charge in [0.05, 0.1) is 26.0 Å². The summed E-state index contributed by atoms with van der Waals surface area (Å²) in [6.07, 6.45) is -0.422. The number of rotatable bonds is 7. The zero-order valence-electron chi connectivity index (χ0n) is 23.2. The Hall–Kier alpha value is -4.23. The Labute approximate surface area is 259 Å². The Bertz CT molecular complexity index is 1570. The van der Waals surface area contributed by atoms with Gasteiger partial charge in [-0.1, -0.05) is 41.9 Å². The van der Waals surface area contributed by atoms with Gasteiger partial charge < -0.3 is 15.3 Å². The number of nitrogens with one attached hydrogen (secondary N) is 2. The normalized spacial score (nSPS) is 14.5. The molecule has 1 aromatic heterocycles. The summed E-state index contributed by atoms with van der Waals surface area (Å²) in [4.78, 5) is 51.5. The molecular formula is C30H28ClF3N4O5S. The highest BCUT2D eigenvalue weighted by molar-refractivity contribution is 7.18. The number of carbonyl (C=O) groups excluding carboxylic acids is 3. The van der Waals surface area contributed by atoms with Gasteiger partial charge in [-0.3, -0.25) is 24.7 Å². The third-order valence-corrected chi connectivity index (χ3v) is 8.27. The SMILES string of the molecule is N=C(Cc1ccc(CCN2C(=O)c3cccc(NC(=O)c4ccc(Cl)s4)c3C2=O)cc1)N1CCCCC1.O=C(O)C(F)(F)F. The van der Waals surface area contributed by atoms with Crippen molar-refractivity contribution in [1.29, 1.82) is 5.41 Å². The quantitative estimate of drug-likeness (QED) is 0.160. The summed E-state index contributed by atoms with van der Waals surface area (Å²) in [5.74, 6) is -3.25. The van der Waals surface area contributed by atoms with Crippen molar-refractivity contribution in [3.63, 3.8) is 0 Å². The lowest BCUT2D eigenvalue weighted by Gasteiger charge is -2.29. The van der Waals surface area contributed by atoms with E-state index in [1.807, 2.05) is 24.3 Å². The van der Waals surface area contributed by atoms with Crippen molar-refractivity contribution in [2.45, 2.75) is 38.3 Å². The number of nitrogens with zero attached hydrogens (tertiary/aromatic N) is 2. The summed E-state index contributed by atoms with van der Waals surface area (Å²) in [6.45, 7) is 2.17. The second kappa shape index (κ2) is 14.0. The second-order valence-corrected chi connectivity index (χ2v) is 11.8. The topological polar surface area (TPSA) is 131 Å². The van der Waals surface area contributed by atoms with Crippen LogP contribution in [0.2, 0.25) is 4.34 Å². The highest BCUT2D eigenvalue weighted by Crippen LogP contribution is 2.31. The number of alkyl halides is 3. The van der Waals surface area contributed by atoms with Gasteiger partial charge in [0.25, 0.3) is 17.7 Å². The molecule has 2 aliphatic rings. The Kier molecular flexibility index (Phi) is 10.4. The molecule has 0 spiro atoms. The van der Waals surface area contributed by atoms with E-state index in [1.54, 1.807) is 30.3 Å². The Morgan fingerprint density at radius 2 is 1.59 bits per heavy atom. The van der Waals surface area contributed by atoms with Crippen LogP contribution in [0.15, 0.2) is 54.6 Å². The predicted molar refractivity (Wildman–Crippen MR) is 160 cm³/mol. The number of halogens is 4. The molecule has 0 aliphatic carbocycles. The lowest BCUT2D eigenvalue weighted by Crippen LogP contribution is -2.36. The minimum absolute atomic E-state index is 0.218. The number of hydrogen-bond donors (Lipinski definition) is 3. The first kappa shape index (κ1) is 32.7.